The molecule has 1 amide bonds. The lowest BCUT2D eigenvalue weighted by Crippen LogP contribution is -2.20. The summed E-state index contributed by atoms with van der Waals surface area (Å²) >= 11 is 5.88. The minimum absolute atomic E-state index is 0.112. The van der Waals surface area contributed by atoms with Gasteiger partial charge in [0.2, 0.25) is 5.91 Å². The van der Waals surface area contributed by atoms with Gasteiger partial charge in [0.25, 0.3) is 0 Å². The van der Waals surface area contributed by atoms with Gasteiger partial charge in [-0.25, -0.2) is 4.39 Å². The van der Waals surface area contributed by atoms with Crippen LogP contribution in [0.4, 0.5) is 10.1 Å². The van der Waals surface area contributed by atoms with Crippen molar-refractivity contribution in [2.75, 3.05) is 11.1 Å². The molecular weight excluding hydrogens is 325 g/mol. The smallest absolute Gasteiger partial charge is 0.237 e. The predicted octanol–water partition coefficient (Wildman–Crippen LogP) is 3.67. The quantitative estimate of drug-likeness (QED) is 0.903. The molecule has 3 nitrogen and oxygen atoms in total. The molecule has 0 saturated carbocycles. The molecule has 0 bridgehead atoms. The Hall–Kier alpha value is -1.72. The van der Waals surface area contributed by atoms with E-state index in [-0.39, 0.29) is 22.4 Å². The minimum Gasteiger partial charge on any atom is -0.325 e. The summed E-state index contributed by atoms with van der Waals surface area (Å²) in [5.74, 6) is -0.806. The van der Waals surface area contributed by atoms with Crippen LogP contribution in [0.1, 0.15) is 11.1 Å². The summed E-state index contributed by atoms with van der Waals surface area (Å²) in [4.78, 5) is 11.8. The van der Waals surface area contributed by atoms with Crippen molar-refractivity contribution in [1.82, 2.24) is 0 Å². The van der Waals surface area contributed by atoms with Gasteiger partial charge in [-0.15, -0.1) is 0 Å². The zero-order valence-corrected chi connectivity index (χ0v) is 13.5. The number of anilines is 1. The molecule has 0 spiro atoms. The molecule has 0 radical (unpaired) electrons. The monoisotopic (exact) mass is 339 g/mol. The summed E-state index contributed by atoms with van der Waals surface area (Å²) in [6, 6.07) is 11.2. The molecule has 116 valence electrons. The standard InChI is InChI=1S/C16H15ClFNO2S/c1-11-2-6-14(7-3-11)19-16(20)10-22(21)9-12-4-5-13(18)8-15(12)17/h2-8H,9-10H2,1H3,(H,19,20). The predicted molar refractivity (Wildman–Crippen MR) is 87.9 cm³/mol. The number of halogens is 2. The molecule has 2 rings (SSSR count). The second-order valence-corrected chi connectivity index (χ2v) is 6.74. The fraction of sp³-hybridized carbons (Fsp3) is 0.188. The lowest BCUT2D eigenvalue weighted by Gasteiger charge is -2.07. The number of carbonyl (C=O) groups excluding carboxylic acids is 1. The third-order valence-corrected chi connectivity index (χ3v) is 4.53. The van der Waals surface area contributed by atoms with E-state index in [1.54, 1.807) is 12.1 Å². The Balaban J connectivity index is 1.91. The van der Waals surface area contributed by atoms with Crippen LogP contribution in [0, 0.1) is 12.7 Å². The molecule has 2 aromatic rings. The third-order valence-electron chi connectivity index (χ3n) is 2.96. The SMILES string of the molecule is Cc1ccc(NC(=O)CS(=O)Cc2ccc(F)cc2Cl)cc1. The first-order valence-electron chi connectivity index (χ1n) is 6.59. The van der Waals surface area contributed by atoms with E-state index in [2.05, 4.69) is 5.32 Å². The first-order chi connectivity index (χ1) is 10.4. The molecule has 0 heterocycles. The van der Waals surface area contributed by atoms with E-state index >= 15 is 0 Å². The van der Waals surface area contributed by atoms with E-state index in [9.17, 15) is 13.4 Å². The molecule has 0 aromatic heterocycles. The zero-order valence-electron chi connectivity index (χ0n) is 11.9. The highest BCUT2D eigenvalue weighted by molar-refractivity contribution is 7.85. The summed E-state index contributed by atoms with van der Waals surface area (Å²) < 4.78 is 24.9. The Morgan fingerprint density at radius 3 is 2.55 bits per heavy atom. The van der Waals surface area contributed by atoms with Gasteiger partial charge in [0, 0.05) is 21.5 Å². The first-order valence-corrected chi connectivity index (χ1v) is 8.46. The van der Waals surface area contributed by atoms with E-state index in [4.69, 9.17) is 11.6 Å². The molecule has 2 aromatic carbocycles. The molecule has 1 atom stereocenters. The van der Waals surface area contributed by atoms with Crippen molar-refractivity contribution in [1.29, 1.82) is 0 Å². The average Bonchev–Trinajstić information content (AvgIpc) is 2.44. The van der Waals surface area contributed by atoms with Gasteiger partial charge in [0.15, 0.2) is 0 Å². The highest BCUT2D eigenvalue weighted by atomic mass is 35.5. The van der Waals surface area contributed by atoms with Crippen LogP contribution >= 0.6 is 11.6 Å². The van der Waals surface area contributed by atoms with Crippen LogP contribution in [0.25, 0.3) is 0 Å². The number of carbonyl (C=O) groups is 1. The van der Waals surface area contributed by atoms with Crippen molar-refractivity contribution in [2.24, 2.45) is 0 Å². The van der Waals surface area contributed by atoms with Crippen LogP contribution in [0.2, 0.25) is 5.02 Å². The fourth-order valence-electron chi connectivity index (χ4n) is 1.84. The van der Waals surface area contributed by atoms with Gasteiger partial charge in [-0.1, -0.05) is 35.4 Å². The van der Waals surface area contributed by atoms with Crippen molar-refractivity contribution < 1.29 is 13.4 Å². The third kappa shape index (κ3) is 4.93. The zero-order chi connectivity index (χ0) is 16.1. The molecule has 1 unspecified atom stereocenters. The molecule has 0 aliphatic rings. The van der Waals surface area contributed by atoms with Crippen molar-refractivity contribution in [3.05, 3.63) is 64.4 Å². The van der Waals surface area contributed by atoms with E-state index in [0.29, 0.717) is 11.3 Å². The van der Waals surface area contributed by atoms with Crippen LogP contribution in [-0.2, 0) is 21.3 Å². The van der Waals surface area contributed by atoms with Crippen LogP contribution in [0.15, 0.2) is 42.5 Å². The largest absolute Gasteiger partial charge is 0.325 e. The maximum atomic E-state index is 12.9. The number of aryl methyl sites for hydroxylation is 1. The topological polar surface area (TPSA) is 46.2 Å². The van der Waals surface area contributed by atoms with Gasteiger partial charge in [0.1, 0.15) is 11.6 Å². The molecule has 0 fully saturated rings. The number of benzene rings is 2. The number of rotatable bonds is 5. The molecule has 0 aliphatic carbocycles. The lowest BCUT2D eigenvalue weighted by atomic mass is 10.2. The maximum absolute atomic E-state index is 12.9. The van der Waals surface area contributed by atoms with Gasteiger partial charge in [-0.2, -0.15) is 0 Å². The normalized spacial score (nSPS) is 12.0. The van der Waals surface area contributed by atoms with Crippen molar-refractivity contribution in [3.8, 4) is 0 Å². The molecule has 0 saturated heterocycles. The van der Waals surface area contributed by atoms with Crippen LogP contribution in [0.3, 0.4) is 0 Å². The summed E-state index contributed by atoms with van der Waals surface area (Å²) in [5.41, 5.74) is 2.31. The van der Waals surface area contributed by atoms with E-state index in [1.165, 1.54) is 18.2 Å². The Morgan fingerprint density at radius 2 is 1.91 bits per heavy atom. The average molecular weight is 340 g/mol. The number of nitrogens with one attached hydrogen (secondary N) is 1. The molecule has 22 heavy (non-hydrogen) atoms. The van der Waals surface area contributed by atoms with E-state index in [1.807, 2.05) is 19.1 Å². The number of hydrogen-bond acceptors (Lipinski definition) is 2. The molecule has 1 N–H and O–H groups in total. The summed E-state index contributed by atoms with van der Waals surface area (Å²) in [5, 5.41) is 2.90. The molecule has 0 aliphatic heterocycles. The minimum atomic E-state index is -1.41. The Kier molecular flexibility index (Phi) is 5.69. The Labute approximate surface area is 136 Å². The van der Waals surface area contributed by atoms with E-state index in [0.717, 1.165) is 5.56 Å². The van der Waals surface area contributed by atoms with Crippen LogP contribution in [-0.4, -0.2) is 15.9 Å². The number of hydrogen-bond donors (Lipinski definition) is 1. The van der Waals surface area contributed by atoms with Gasteiger partial charge in [-0.3, -0.25) is 9.00 Å². The molecular formula is C16H15ClFNO2S. The highest BCUT2D eigenvalue weighted by Gasteiger charge is 2.11. The first kappa shape index (κ1) is 16.6. The highest BCUT2D eigenvalue weighted by Crippen LogP contribution is 2.19. The van der Waals surface area contributed by atoms with Crippen molar-refractivity contribution in [2.45, 2.75) is 12.7 Å². The summed E-state index contributed by atoms with van der Waals surface area (Å²) in [6.45, 7) is 1.95. The maximum Gasteiger partial charge on any atom is 0.237 e. The second kappa shape index (κ2) is 7.51. The second-order valence-electron chi connectivity index (χ2n) is 4.88. The van der Waals surface area contributed by atoms with Gasteiger partial charge in [-0.05, 0) is 36.8 Å². The summed E-state index contributed by atoms with van der Waals surface area (Å²) in [6.07, 6.45) is 0. The van der Waals surface area contributed by atoms with Gasteiger partial charge in [0.05, 0.1) is 5.75 Å². The lowest BCUT2D eigenvalue weighted by molar-refractivity contribution is -0.113. The summed E-state index contributed by atoms with van der Waals surface area (Å²) in [7, 11) is -1.41. The van der Waals surface area contributed by atoms with Gasteiger partial charge >= 0.3 is 0 Å². The van der Waals surface area contributed by atoms with E-state index < -0.39 is 16.6 Å². The van der Waals surface area contributed by atoms with Crippen LogP contribution in [0.5, 0.6) is 0 Å². The van der Waals surface area contributed by atoms with Crippen molar-refractivity contribution >= 4 is 34.0 Å². The van der Waals surface area contributed by atoms with Crippen molar-refractivity contribution in [3.63, 3.8) is 0 Å². The number of amides is 1. The Bertz CT molecular complexity index is 704. The fourth-order valence-corrected chi connectivity index (χ4v) is 3.22. The Morgan fingerprint density at radius 1 is 1.23 bits per heavy atom. The van der Waals surface area contributed by atoms with Gasteiger partial charge < -0.3 is 5.32 Å². The van der Waals surface area contributed by atoms with Crippen LogP contribution < -0.4 is 5.32 Å². The molecule has 6 heteroatoms.